The van der Waals surface area contributed by atoms with Crippen molar-refractivity contribution in [1.82, 2.24) is 9.78 Å². The largest absolute Gasteiger partial charge is 0.399 e. The first-order valence-electron chi connectivity index (χ1n) is 5.98. The van der Waals surface area contributed by atoms with Crippen LogP contribution in [0.15, 0.2) is 29.2 Å². The Morgan fingerprint density at radius 1 is 1.42 bits per heavy atom. The Kier molecular flexibility index (Phi) is 4.27. The second kappa shape index (κ2) is 5.75. The van der Waals surface area contributed by atoms with Crippen molar-refractivity contribution in [2.24, 2.45) is 0 Å². The van der Waals surface area contributed by atoms with E-state index in [0.29, 0.717) is 21.4 Å². The number of aryl methyl sites for hydroxylation is 2. The van der Waals surface area contributed by atoms with Gasteiger partial charge in [0.15, 0.2) is 0 Å². The van der Waals surface area contributed by atoms with Crippen molar-refractivity contribution < 1.29 is 4.21 Å². The van der Waals surface area contributed by atoms with E-state index in [2.05, 4.69) is 5.10 Å². The molecule has 0 radical (unpaired) electrons. The molecule has 1 atom stereocenters. The minimum Gasteiger partial charge on any atom is -0.399 e. The molecule has 1 aromatic heterocycles. The smallest absolute Gasteiger partial charge is 0.0703 e. The highest BCUT2D eigenvalue weighted by molar-refractivity contribution is 7.84. The number of aromatic nitrogens is 2. The number of benzene rings is 1. The summed E-state index contributed by atoms with van der Waals surface area (Å²) in [4.78, 5) is 0.609. The lowest BCUT2D eigenvalue weighted by Gasteiger charge is -2.07. The third-order valence-electron chi connectivity index (χ3n) is 2.77. The molecule has 1 aromatic carbocycles. The average molecular weight is 298 g/mol. The minimum absolute atomic E-state index is 0.401. The first-order chi connectivity index (χ1) is 9.01. The number of halogens is 1. The first-order valence-corrected chi connectivity index (χ1v) is 7.67. The Morgan fingerprint density at radius 2 is 2.16 bits per heavy atom. The summed E-state index contributed by atoms with van der Waals surface area (Å²) in [7, 11) is -1.20. The van der Waals surface area contributed by atoms with E-state index >= 15 is 0 Å². The highest BCUT2D eigenvalue weighted by Gasteiger charge is 2.13. The third-order valence-corrected chi connectivity index (χ3v) is 4.59. The second-order valence-electron chi connectivity index (χ2n) is 4.27. The highest BCUT2D eigenvalue weighted by atomic mass is 35.5. The van der Waals surface area contributed by atoms with Crippen LogP contribution >= 0.6 is 11.6 Å². The van der Waals surface area contributed by atoms with Gasteiger partial charge in [-0.25, -0.2) is 0 Å². The first kappa shape index (κ1) is 14.1. The van der Waals surface area contributed by atoms with E-state index in [-0.39, 0.29) is 0 Å². The predicted octanol–water partition coefficient (Wildman–Crippen LogP) is 2.75. The van der Waals surface area contributed by atoms with Crippen LogP contribution in [0.25, 0.3) is 0 Å². The fourth-order valence-electron chi connectivity index (χ4n) is 1.90. The summed E-state index contributed by atoms with van der Waals surface area (Å²) in [6.45, 7) is 4.69. The molecule has 0 saturated carbocycles. The van der Waals surface area contributed by atoms with Gasteiger partial charge >= 0.3 is 0 Å². The van der Waals surface area contributed by atoms with Gasteiger partial charge in [0, 0.05) is 12.2 Å². The summed E-state index contributed by atoms with van der Waals surface area (Å²) < 4.78 is 14.2. The maximum absolute atomic E-state index is 12.4. The maximum Gasteiger partial charge on any atom is 0.0703 e. The summed E-state index contributed by atoms with van der Waals surface area (Å²) in [5.74, 6) is 0.401. The molecule has 0 saturated heterocycles. The molecule has 102 valence electrons. The Hall–Kier alpha value is -1.33. The number of nitrogens with two attached hydrogens (primary N) is 1. The van der Waals surface area contributed by atoms with Crippen LogP contribution in [0.2, 0.25) is 5.02 Å². The van der Waals surface area contributed by atoms with Gasteiger partial charge in [-0.1, -0.05) is 11.6 Å². The van der Waals surface area contributed by atoms with Crippen molar-refractivity contribution in [1.29, 1.82) is 0 Å². The average Bonchev–Trinajstić information content (AvgIpc) is 2.69. The summed E-state index contributed by atoms with van der Waals surface area (Å²) in [6.07, 6.45) is 0. The third kappa shape index (κ3) is 3.16. The lowest BCUT2D eigenvalue weighted by Crippen LogP contribution is -2.06. The van der Waals surface area contributed by atoms with Crippen LogP contribution in [0.3, 0.4) is 0 Å². The number of nitrogens with zero attached hydrogens (tertiary/aromatic N) is 2. The van der Waals surface area contributed by atoms with Crippen molar-refractivity contribution in [3.8, 4) is 0 Å². The molecule has 4 nitrogen and oxygen atoms in total. The maximum atomic E-state index is 12.4. The number of hydrogen-bond donors (Lipinski definition) is 1. The summed E-state index contributed by atoms with van der Waals surface area (Å²) in [5.41, 5.74) is 8.08. The van der Waals surface area contributed by atoms with Crippen molar-refractivity contribution >= 4 is 28.1 Å². The molecule has 2 aromatic rings. The van der Waals surface area contributed by atoms with E-state index in [1.165, 1.54) is 0 Å². The Morgan fingerprint density at radius 3 is 2.79 bits per heavy atom. The van der Waals surface area contributed by atoms with Crippen LogP contribution in [0.1, 0.15) is 18.3 Å². The molecule has 0 bridgehead atoms. The van der Waals surface area contributed by atoms with E-state index in [4.69, 9.17) is 17.3 Å². The van der Waals surface area contributed by atoms with E-state index < -0.39 is 10.8 Å². The quantitative estimate of drug-likeness (QED) is 0.883. The van der Waals surface area contributed by atoms with Crippen LogP contribution in [0, 0.1) is 6.92 Å². The Bertz CT molecular complexity index is 624. The molecule has 19 heavy (non-hydrogen) atoms. The van der Waals surface area contributed by atoms with Gasteiger partial charge in [-0.3, -0.25) is 8.89 Å². The number of nitrogen functional groups attached to an aromatic ring is 1. The standard InChI is InChI=1S/C13H16ClN3OS/c1-3-17-11(6-9(2)16-17)8-19(18)13-5-4-10(15)7-12(13)14/h4-7H,3,8,15H2,1-2H3. The molecule has 0 aliphatic carbocycles. The summed E-state index contributed by atoms with van der Waals surface area (Å²) in [6, 6.07) is 7.00. The van der Waals surface area contributed by atoms with Crippen molar-refractivity contribution in [3.05, 3.63) is 40.7 Å². The lowest BCUT2D eigenvalue weighted by atomic mass is 10.3. The van der Waals surface area contributed by atoms with E-state index in [1.807, 2.05) is 24.6 Å². The van der Waals surface area contributed by atoms with Gasteiger partial charge in [0.25, 0.3) is 0 Å². The Balaban J connectivity index is 2.25. The number of hydrogen-bond acceptors (Lipinski definition) is 3. The topological polar surface area (TPSA) is 60.9 Å². The molecule has 2 rings (SSSR count). The van der Waals surface area contributed by atoms with Gasteiger partial charge in [-0.15, -0.1) is 0 Å². The van der Waals surface area contributed by atoms with Crippen LogP contribution in [0.5, 0.6) is 0 Å². The lowest BCUT2D eigenvalue weighted by molar-refractivity contribution is 0.627. The summed E-state index contributed by atoms with van der Waals surface area (Å²) in [5, 5.41) is 4.78. The van der Waals surface area contributed by atoms with Crippen molar-refractivity contribution in [3.63, 3.8) is 0 Å². The zero-order chi connectivity index (χ0) is 14.0. The predicted molar refractivity (Wildman–Crippen MR) is 78.6 cm³/mol. The zero-order valence-electron chi connectivity index (χ0n) is 10.9. The Labute approximate surface area is 120 Å². The minimum atomic E-state index is -1.20. The van der Waals surface area contributed by atoms with Gasteiger partial charge in [-0.2, -0.15) is 5.10 Å². The van der Waals surface area contributed by atoms with Crippen LogP contribution < -0.4 is 5.73 Å². The molecule has 0 amide bonds. The SMILES string of the molecule is CCn1nc(C)cc1CS(=O)c1ccc(N)cc1Cl. The number of anilines is 1. The van der Waals surface area contributed by atoms with E-state index in [0.717, 1.165) is 17.9 Å². The number of rotatable bonds is 4. The molecule has 1 heterocycles. The van der Waals surface area contributed by atoms with Crippen molar-refractivity contribution in [2.45, 2.75) is 31.0 Å². The molecule has 1 unspecified atom stereocenters. The van der Waals surface area contributed by atoms with Gasteiger partial charge in [0.05, 0.1) is 37.9 Å². The van der Waals surface area contributed by atoms with Gasteiger partial charge in [-0.05, 0) is 38.1 Å². The summed E-state index contributed by atoms with van der Waals surface area (Å²) >= 11 is 6.07. The van der Waals surface area contributed by atoms with Gasteiger partial charge in [0.1, 0.15) is 0 Å². The fourth-order valence-corrected chi connectivity index (χ4v) is 3.50. The normalized spacial score (nSPS) is 12.6. The van der Waals surface area contributed by atoms with E-state index in [1.54, 1.807) is 18.2 Å². The highest BCUT2D eigenvalue weighted by Crippen LogP contribution is 2.24. The van der Waals surface area contributed by atoms with Crippen LogP contribution in [0.4, 0.5) is 5.69 Å². The monoisotopic (exact) mass is 297 g/mol. The molecule has 0 aliphatic heterocycles. The molecule has 2 N–H and O–H groups in total. The molecule has 0 aliphatic rings. The van der Waals surface area contributed by atoms with Crippen LogP contribution in [-0.4, -0.2) is 14.0 Å². The van der Waals surface area contributed by atoms with Gasteiger partial charge < -0.3 is 5.73 Å². The molecule has 0 spiro atoms. The second-order valence-corrected chi connectivity index (χ2v) is 6.10. The van der Waals surface area contributed by atoms with Crippen molar-refractivity contribution in [2.75, 3.05) is 5.73 Å². The van der Waals surface area contributed by atoms with Crippen LogP contribution in [-0.2, 0) is 23.1 Å². The zero-order valence-corrected chi connectivity index (χ0v) is 12.5. The molecule has 0 fully saturated rings. The van der Waals surface area contributed by atoms with E-state index in [9.17, 15) is 4.21 Å². The molecular formula is C13H16ClN3OS. The molecule has 6 heteroatoms. The van der Waals surface area contributed by atoms with Gasteiger partial charge in [0.2, 0.25) is 0 Å². The molecular weight excluding hydrogens is 282 g/mol. The fraction of sp³-hybridized carbons (Fsp3) is 0.308.